The molecule has 0 saturated carbocycles. The van der Waals surface area contributed by atoms with Crippen LogP contribution in [-0.2, 0) is 19.1 Å². The van der Waals surface area contributed by atoms with E-state index in [1.807, 2.05) is 0 Å². The van der Waals surface area contributed by atoms with Gasteiger partial charge in [0.25, 0.3) is 0 Å². The van der Waals surface area contributed by atoms with Crippen molar-refractivity contribution in [2.24, 2.45) is 5.92 Å². The van der Waals surface area contributed by atoms with Crippen LogP contribution in [0.4, 0.5) is 0 Å². The van der Waals surface area contributed by atoms with E-state index in [0.717, 1.165) is 31.6 Å². The van der Waals surface area contributed by atoms with E-state index in [4.69, 9.17) is 9.47 Å². The summed E-state index contributed by atoms with van der Waals surface area (Å²) in [5.41, 5.74) is 0. The van der Waals surface area contributed by atoms with E-state index in [1.165, 1.54) is 154 Å². The first-order valence-electron chi connectivity index (χ1n) is 19.5. The van der Waals surface area contributed by atoms with Gasteiger partial charge in [0.15, 0.2) is 0 Å². The van der Waals surface area contributed by atoms with Crippen LogP contribution in [0.2, 0.25) is 0 Å². The van der Waals surface area contributed by atoms with Crippen molar-refractivity contribution in [2.45, 2.75) is 219 Å². The predicted molar refractivity (Wildman–Crippen MR) is 187 cm³/mol. The monoisotopic (exact) mass is 625 g/mol. The number of carbonyl (C=O) groups is 2. The number of hydrogen-bond donors (Lipinski definition) is 1. The molecule has 0 spiro atoms. The van der Waals surface area contributed by atoms with Gasteiger partial charge in [-0.1, -0.05) is 188 Å². The Kier molecular flexibility index (Phi) is 33.9. The largest absolute Gasteiger partial charge is 0.463 e. The first-order valence-corrected chi connectivity index (χ1v) is 19.5. The van der Waals surface area contributed by atoms with Gasteiger partial charge in [-0.2, -0.15) is 0 Å². The molecule has 0 aliphatic carbocycles. The lowest BCUT2D eigenvalue weighted by Gasteiger charge is -2.12. The molecule has 0 aliphatic heterocycles. The van der Waals surface area contributed by atoms with Crippen LogP contribution in [0.25, 0.3) is 0 Å². The van der Waals surface area contributed by atoms with E-state index in [1.54, 1.807) is 0 Å². The Hall–Kier alpha value is -1.10. The Morgan fingerprint density at radius 1 is 0.477 bits per heavy atom. The van der Waals surface area contributed by atoms with Gasteiger partial charge in [0.2, 0.25) is 0 Å². The van der Waals surface area contributed by atoms with Crippen molar-refractivity contribution in [1.29, 1.82) is 0 Å². The number of aliphatic hydroxyl groups excluding tert-OH is 1. The molecule has 1 N–H and O–H groups in total. The molecule has 0 aromatic carbocycles. The molecule has 44 heavy (non-hydrogen) atoms. The molecule has 0 bridgehead atoms. The van der Waals surface area contributed by atoms with Gasteiger partial charge in [-0.3, -0.25) is 9.59 Å². The molecule has 0 aromatic rings. The SMILES string of the molecule is CCCCCCCCCCCCCCC(=O)OC[C@@H](O)COC(=O)CCCCCCCCCCCCCCCCC(C)CC. The van der Waals surface area contributed by atoms with Crippen LogP contribution in [0.1, 0.15) is 213 Å². The summed E-state index contributed by atoms with van der Waals surface area (Å²) < 4.78 is 10.3. The van der Waals surface area contributed by atoms with Gasteiger partial charge in [0.05, 0.1) is 0 Å². The fourth-order valence-corrected chi connectivity index (χ4v) is 5.77. The van der Waals surface area contributed by atoms with Crippen LogP contribution < -0.4 is 0 Å². The number of esters is 2. The second-order valence-electron chi connectivity index (χ2n) is 13.7. The molecule has 0 heterocycles. The number of ether oxygens (including phenoxy) is 2. The maximum Gasteiger partial charge on any atom is 0.305 e. The molecule has 5 heteroatoms. The van der Waals surface area contributed by atoms with E-state index >= 15 is 0 Å². The summed E-state index contributed by atoms with van der Waals surface area (Å²) in [7, 11) is 0. The minimum atomic E-state index is -0.954. The number of unbranched alkanes of at least 4 members (excludes halogenated alkanes) is 24. The van der Waals surface area contributed by atoms with Crippen LogP contribution >= 0.6 is 0 Å². The van der Waals surface area contributed by atoms with E-state index in [9.17, 15) is 14.7 Å². The first kappa shape index (κ1) is 42.9. The molecule has 1 unspecified atom stereocenters. The lowest BCUT2D eigenvalue weighted by atomic mass is 9.99. The number of aliphatic hydroxyl groups is 1. The van der Waals surface area contributed by atoms with Gasteiger partial charge in [-0.05, 0) is 18.8 Å². The average molecular weight is 625 g/mol. The summed E-state index contributed by atoms with van der Waals surface area (Å²) in [6.07, 6.45) is 35.8. The second-order valence-corrected chi connectivity index (χ2v) is 13.7. The summed E-state index contributed by atoms with van der Waals surface area (Å²) in [6, 6.07) is 0. The fraction of sp³-hybridized carbons (Fsp3) is 0.949. The minimum absolute atomic E-state index is 0.108. The van der Waals surface area contributed by atoms with Crippen molar-refractivity contribution in [2.75, 3.05) is 13.2 Å². The quantitative estimate of drug-likeness (QED) is 0.0561. The van der Waals surface area contributed by atoms with Crippen molar-refractivity contribution in [3.05, 3.63) is 0 Å². The highest BCUT2D eigenvalue weighted by molar-refractivity contribution is 5.69. The van der Waals surface area contributed by atoms with Crippen LogP contribution in [0, 0.1) is 5.92 Å². The maximum atomic E-state index is 12.0. The fourth-order valence-electron chi connectivity index (χ4n) is 5.77. The van der Waals surface area contributed by atoms with Crippen LogP contribution in [0.15, 0.2) is 0 Å². The third-order valence-corrected chi connectivity index (χ3v) is 9.13. The van der Waals surface area contributed by atoms with E-state index in [-0.39, 0.29) is 25.2 Å². The molecule has 0 aromatic heterocycles. The Balaban J connectivity index is 3.38. The molecule has 0 amide bonds. The summed E-state index contributed by atoms with van der Waals surface area (Å²) in [4.78, 5) is 23.9. The van der Waals surface area contributed by atoms with E-state index in [2.05, 4.69) is 20.8 Å². The second kappa shape index (κ2) is 34.8. The molecule has 0 saturated heterocycles. The van der Waals surface area contributed by atoms with Crippen molar-refractivity contribution in [1.82, 2.24) is 0 Å². The highest BCUT2D eigenvalue weighted by Gasteiger charge is 2.12. The topological polar surface area (TPSA) is 72.8 Å². The molecule has 0 aliphatic rings. The van der Waals surface area contributed by atoms with Crippen molar-refractivity contribution >= 4 is 11.9 Å². The van der Waals surface area contributed by atoms with Gasteiger partial charge >= 0.3 is 11.9 Å². The molecule has 0 radical (unpaired) electrons. The standard InChI is InChI=1S/C39H76O5/c1-4-6-7-8-9-10-11-17-20-23-26-29-32-38(41)43-34-37(40)35-44-39(42)33-30-27-24-21-18-15-13-12-14-16-19-22-25-28-31-36(3)5-2/h36-37,40H,4-35H2,1-3H3/t36?,37-/m1/s1. The number of carbonyl (C=O) groups excluding carboxylic acids is 2. The number of hydrogen-bond acceptors (Lipinski definition) is 5. The molecule has 5 nitrogen and oxygen atoms in total. The normalized spacial score (nSPS) is 12.7. The Labute approximate surface area is 274 Å². The van der Waals surface area contributed by atoms with Crippen LogP contribution in [0.5, 0.6) is 0 Å². The first-order chi connectivity index (χ1) is 21.5. The van der Waals surface area contributed by atoms with E-state index in [0.29, 0.717) is 12.8 Å². The third kappa shape index (κ3) is 33.8. The summed E-state index contributed by atoms with van der Waals surface area (Å²) in [5, 5.41) is 9.99. The van der Waals surface area contributed by atoms with Gasteiger partial charge in [0, 0.05) is 12.8 Å². The Bertz CT molecular complexity index is 607. The summed E-state index contributed by atoms with van der Waals surface area (Å²) in [6.45, 7) is 6.70. The van der Waals surface area contributed by atoms with Crippen LogP contribution in [-0.4, -0.2) is 36.4 Å². The van der Waals surface area contributed by atoms with Crippen molar-refractivity contribution in [3.8, 4) is 0 Å². The summed E-state index contributed by atoms with van der Waals surface area (Å²) >= 11 is 0. The van der Waals surface area contributed by atoms with Crippen molar-refractivity contribution in [3.63, 3.8) is 0 Å². The molecule has 2 atom stereocenters. The number of rotatable bonds is 35. The highest BCUT2D eigenvalue weighted by Crippen LogP contribution is 2.16. The van der Waals surface area contributed by atoms with Gasteiger partial charge in [-0.15, -0.1) is 0 Å². The predicted octanol–water partition coefficient (Wildman–Crippen LogP) is 11.8. The lowest BCUT2D eigenvalue weighted by molar-refractivity contribution is -0.152. The third-order valence-electron chi connectivity index (χ3n) is 9.13. The molecule has 0 rings (SSSR count). The van der Waals surface area contributed by atoms with Gasteiger partial charge in [0.1, 0.15) is 19.3 Å². The zero-order valence-electron chi connectivity index (χ0n) is 29.9. The minimum Gasteiger partial charge on any atom is -0.463 e. The van der Waals surface area contributed by atoms with Gasteiger partial charge < -0.3 is 14.6 Å². The summed E-state index contributed by atoms with van der Waals surface area (Å²) in [5.74, 6) is 0.351. The Morgan fingerprint density at radius 3 is 1.09 bits per heavy atom. The molecule has 262 valence electrons. The maximum absolute atomic E-state index is 12.0. The van der Waals surface area contributed by atoms with Crippen LogP contribution in [0.3, 0.4) is 0 Å². The molecule has 0 fully saturated rings. The Morgan fingerprint density at radius 2 is 0.773 bits per heavy atom. The highest BCUT2D eigenvalue weighted by atomic mass is 16.6. The zero-order chi connectivity index (χ0) is 32.4. The van der Waals surface area contributed by atoms with Gasteiger partial charge in [-0.25, -0.2) is 0 Å². The average Bonchev–Trinajstić information content (AvgIpc) is 3.02. The smallest absolute Gasteiger partial charge is 0.305 e. The lowest BCUT2D eigenvalue weighted by Crippen LogP contribution is -2.25. The zero-order valence-corrected chi connectivity index (χ0v) is 29.9. The van der Waals surface area contributed by atoms with E-state index < -0.39 is 6.10 Å². The molecular formula is C39H76O5. The molecular weight excluding hydrogens is 548 g/mol. The van der Waals surface area contributed by atoms with Crippen molar-refractivity contribution < 1.29 is 24.2 Å².